The van der Waals surface area contributed by atoms with Crippen molar-refractivity contribution in [1.29, 1.82) is 0 Å². The fraction of sp³-hybridized carbons (Fsp3) is 0.600. The second-order valence-electron chi connectivity index (χ2n) is 15.6. The SMILES string of the molecule is Nc1cc(F)ccc1NC(=O)c1ccc(C(=O)CCCCOCCCCC(=O)CCCC(=O)CCCCOCCCCC(=O)CCCC[C@@H]2SCC3NC(=O)NC32)cc1. The van der Waals surface area contributed by atoms with Gasteiger partial charge in [-0.15, -0.1) is 0 Å². The number of urea groups is 1. The Bertz CT molecular complexity index is 1680. The molecule has 0 radical (unpaired) electrons. The highest BCUT2D eigenvalue weighted by Crippen LogP contribution is 2.33. The number of thioether (sulfide) groups is 1. The van der Waals surface area contributed by atoms with Crippen LogP contribution in [0.5, 0.6) is 0 Å². The van der Waals surface area contributed by atoms with Crippen LogP contribution >= 0.6 is 11.8 Å². The molecule has 0 spiro atoms. The first kappa shape index (κ1) is 47.5. The fourth-order valence-corrected chi connectivity index (χ4v) is 8.78. The van der Waals surface area contributed by atoms with Gasteiger partial charge in [0, 0.05) is 93.5 Å². The van der Waals surface area contributed by atoms with Crippen molar-refractivity contribution in [3.05, 3.63) is 59.4 Å². The van der Waals surface area contributed by atoms with Crippen LogP contribution in [0.15, 0.2) is 42.5 Å². The summed E-state index contributed by atoms with van der Waals surface area (Å²) in [7, 11) is 0. The molecule has 2 aromatic rings. The molecule has 0 bridgehead atoms. The van der Waals surface area contributed by atoms with Gasteiger partial charge in [0.15, 0.2) is 5.78 Å². The number of benzene rings is 2. The Morgan fingerprint density at radius 1 is 0.661 bits per heavy atom. The number of halogens is 1. The number of nitrogen functional groups attached to an aromatic ring is 1. The van der Waals surface area contributed by atoms with E-state index in [-0.39, 0.29) is 41.2 Å². The van der Waals surface area contributed by atoms with Gasteiger partial charge in [0.05, 0.1) is 23.5 Å². The van der Waals surface area contributed by atoms with Crippen molar-refractivity contribution in [2.45, 2.75) is 139 Å². The van der Waals surface area contributed by atoms with Crippen LogP contribution in [0.1, 0.15) is 143 Å². The van der Waals surface area contributed by atoms with E-state index in [0.29, 0.717) is 112 Å². The first-order valence-electron chi connectivity index (χ1n) is 21.5. The lowest BCUT2D eigenvalue weighted by Crippen LogP contribution is -2.36. The third kappa shape index (κ3) is 18.3. The van der Waals surface area contributed by atoms with Crippen LogP contribution in [0.2, 0.25) is 0 Å². The van der Waals surface area contributed by atoms with Crippen molar-refractivity contribution in [1.82, 2.24) is 10.6 Å². The molecule has 0 saturated carbocycles. The molecule has 12 nitrogen and oxygen atoms in total. The smallest absolute Gasteiger partial charge is 0.315 e. The summed E-state index contributed by atoms with van der Waals surface area (Å²) in [6.45, 7) is 2.33. The summed E-state index contributed by atoms with van der Waals surface area (Å²) in [4.78, 5) is 73.3. The molecule has 3 atom stereocenters. The minimum absolute atomic E-state index is 0.0184. The van der Waals surface area contributed by atoms with E-state index in [1.165, 1.54) is 12.1 Å². The molecule has 0 aliphatic carbocycles. The Morgan fingerprint density at radius 2 is 1.17 bits per heavy atom. The summed E-state index contributed by atoms with van der Waals surface area (Å²) >= 11 is 1.91. The van der Waals surface area contributed by atoms with Crippen molar-refractivity contribution in [3.63, 3.8) is 0 Å². The molecule has 2 heterocycles. The lowest BCUT2D eigenvalue weighted by molar-refractivity contribution is -0.121. The van der Waals surface area contributed by atoms with Gasteiger partial charge in [-0.05, 0) is 101 Å². The lowest BCUT2D eigenvalue weighted by atomic mass is 10.0. The third-order valence-corrected chi connectivity index (χ3v) is 12.2. The molecule has 2 saturated heterocycles. The van der Waals surface area contributed by atoms with Gasteiger partial charge in [0.1, 0.15) is 23.2 Å². The lowest BCUT2D eigenvalue weighted by Gasteiger charge is -2.16. The predicted octanol–water partition coefficient (Wildman–Crippen LogP) is 8.16. The largest absolute Gasteiger partial charge is 0.397 e. The molecule has 14 heteroatoms. The average molecular weight is 839 g/mol. The van der Waals surface area contributed by atoms with Gasteiger partial charge < -0.3 is 31.2 Å². The molecule has 2 aromatic carbocycles. The van der Waals surface area contributed by atoms with Gasteiger partial charge in [-0.3, -0.25) is 24.0 Å². The van der Waals surface area contributed by atoms with Gasteiger partial charge >= 0.3 is 6.03 Å². The molecular formula is C45H63FN4O8S. The van der Waals surface area contributed by atoms with Gasteiger partial charge in [0.2, 0.25) is 0 Å². The van der Waals surface area contributed by atoms with Gasteiger partial charge in [-0.1, -0.05) is 18.6 Å². The maximum absolute atomic E-state index is 13.2. The topological polar surface area (TPSA) is 183 Å². The Labute approximate surface area is 352 Å². The van der Waals surface area contributed by atoms with E-state index in [9.17, 15) is 33.2 Å². The molecular weight excluding hydrogens is 776 g/mol. The number of hydrogen-bond donors (Lipinski definition) is 4. The zero-order valence-corrected chi connectivity index (χ0v) is 35.2. The van der Waals surface area contributed by atoms with Crippen molar-refractivity contribution in [3.8, 4) is 0 Å². The summed E-state index contributed by atoms with van der Waals surface area (Å²) in [6.07, 6.45) is 13.2. The number of amides is 3. The van der Waals surface area contributed by atoms with Crippen molar-refractivity contribution < 1.29 is 42.6 Å². The number of ketones is 4. The number of anilines is 2. The Balaban J connectivity index is 0.866. The number of nitrogens with two attached hydrogens (primary N) is 1. The van der Waals surface area contributed by atoms with Crippen LogP contribution in [0.3, 0.4) is 0 Å². The van der Waals surface area contributed by atoms with Crippen LogP contribution in [0, 0.1) is 5.82 Å². The summed E-state index contributed by atoms with van der Waals surface area (Å²) < 4.78 is 24.6. The molecule has 324 valence electrons. The maximum Gasteiger partial charge on any atom is 0.315 e. The Hall–Kier alpha value is -4.14. The van der Waals surface area contributed by atoms with E-state index >= 15 is 0 Å². The van der Waals surface area contributed by atoms with Crippen molar-refractivity contribution >= 4 is 58.2 Å². The maximum atomic E-state index is 13.2. The average Bonchev–Trinajstić information content (AvgIpc) is 3.78. The second-order valence-corrected chi connectivity index (χ2v) is 16.8. The van der Waals surface area contributed by atoms with Crippen LogP contribution < -0.4 is 21.7 Å². The number of nitrogens with one attached hydrogen (secondary N) is 3. The number of carbonyl (C=O) groups is 6. The summed E-state index contributed by atoms with van der Waals surface area (Å²) in [5.41, 5.74) is 7.06. The van der Waals surface area contributed by atoms with Crippen LogP contribution in [0.4, 0.5) is 20.6 Å². The molecule has 2 aliphatic heterocycles. The molecule has 5 N–H and O–H groups in total. The first-order valence-corrected chi connectivity index (χ1v) is 22.5. The fourth-order valence-electron chi connectivity index (χ4n) is 7.23. The normalized spacial score (nSPS) is 17.0. The van der Waals surface area contributed by atoms with Crippen molar-refractivity contribution in [2.24, 2.45) is 0 Å². The minimum Gasteiger partial charge on any atom is -0.397 e. The van der Waals surface area contributed by atoms with E-state index in [0.717, 1.165) is 76.0 Å². The highest BCUT2D eigenvalue weighted by Gasteiger charge is 2.42. The molecule has 0 aromatic heterocycles. The number of ether oxygens (including phenoxy) is 2. The van der Waals surface area contributed by atoms with Gasteiger partial charge in [-0.2, -0.15) is 11.8 Å². The van der Waals surface area contributed by atoms with E-state index in [1.54, 1.807) is 24.3 Å². The van der Waals surface area contributed by atoms with E-state index in [2.05, 4.69) is 16.0 Å². The second kappa shape index (κ2) is 26.9. The van der Waals surface area contributed by atoms with E-state index in [4.69, 9.17) is 15.2 Å². The Morgan fingerprint density at radius 3 is 1.73 bits per heavy atom. The number of rotatable bonds is 32. The van der Waals surface area contributed by atoms with Crippen molar-refractivity contribution in [2.75, 3.05) is 43.2 Å². The minimum atomic E-state index is -0.491. The number of Topliss-reactive ketones (excluding diaryl/α,β-unsaturated/α-hetero) is 4. The summed E-state index contributed by atoms with van der Waals surface area (Å²) in [5, 5.41) is 9.06. The Kier molecular flexibility index (Phi) is 21.6. The highest BCUT2D eigenvalue weighted by atomic mass is 32.2. The molecule has 2 fully saturated rings. The predicted molar refractivity (Wildman–Crippen MR) is 229 cm³/mol. The first-order chi connectivity index (χ1) is 28.6. The van der Waals surface area contributed by atoms with Gasteiger partial charge in [0.25, 0.3) is 5.91 Å². The van der Waals surface area contributed by atoms with Crippen LogP contribution in [-0.2, 0) is 23.9 Å². The molecule has 59 heavy (non-hydrogen) atoms. The number of hydrogen-bond acceptors (Lipinski definition) is 10. The standard InChI is InChI=1S/C45H63FN4O8S/c46-34-24-25-39(38(47)30-34)48-44(55)33-22-20-32(21-23-33)41(54)18-6-10-29-58-28-9-5-15-37(53)17-11-16-36(52)14-4-8-27-57-26-7-3-13-35(51)12-1-2-19-42-43-40(31-59-42)49-45(56)50-43/h20-25,30,40,42-43H,1-19,26-29,31,47H2,(H,48,55)(H2,49,50,56)/t40?,42-,43?/m0/s1. The van der Waals surface area contributed by atoms with Crippen LogP contribution in [0.25, 0.3) is 0 Å². The zero-order valence-electron chi connectivity index (χ0n) is 34.4. The van der Waals surface area contributed by atoms with E-state index < -0.39 is 11.7 Å². The van der Waals surface area contributed by atoms with E-state index in [1.807, 2.05) is 11.8 Å². The molecule has 3 amide bonds. The summed E-state index contributed by atoms with van der Waals surface area (Å²) in [5.74, 6) is 0.716. The quantitative estimate of drug-likeness (QED) is 0.0243. The third-order valence-electron chi connectivity index (χ3n) is 10.7. The molecule has 2 unspecified atom stereocenters. The number of carbonyl (C=O) groups excluding carboxylic acids is 6. The summed E-state index contributed by atoms with van der Waals surface area (Å²) in [6, 6.07) is 10.5. The number of fused-ring (bicyclic) bond motifs is 1. The monoisotopic (exact) mass is 838 g/mol. The zero-order chi connectivity index (χ0) is 42.2. The van der Waals surface area contributed by atoms with Gasteiger partial charge in [-0.25, -0.2) is 9.18 Å². The highest BCUT2D eigenvalue weighted by molar-refractivity contribution is 8.00. The molecule has 4 rings (SSSR count). The molecule has 2 aliphatic rings. The van der Waals surface area contributed by atoms with Crippen LogP contribution in [-0.4, -0.2) is 84.6 Å². The number of unbranched alkanes of at least 4 members (excludes halogenated alkanes) is 5.